The van der Waals surface area contributed by atoms with Crippen LogP contribution in [0.25, 0.3) is 0 Å². The Labute approximate surface area is 159 Å². The van der Waals surface area contributed by atoms with E-state index in [9.17, 15) is 5.11 Å². The maximum atomic E-state index is 10.4. The van der Waals surface area contributed by atoms with Crippen molar-refractivity contribution in [1.82, 2.24) is 4.90 Å². The maximum Gasteiger partial charge on any atom is 0.119 e. The van der Waals surface area contributed by atoms with Gasteiger partial charge in [0.1, 0.15) is 30.0 Å². The Morgan fingerprint density at radius 2 is 2.08 bits per heavy atom. The van der Waals surface area contributed by atoms with Gasteiger partial charge in [0.25, 0.3) is 0 Å². The van der Waals surface area contributed by atoms with Crippen molar-refractivity contribution in [1.29, 1.82) is 0 Å². The van der Waals surface area contributed by atoms with Crippen LogP contribution in [-0.4, -0.2) is 48.5 Å². The average molecular weight is 380 g/mol. The van der Waals surface area contributed by atoms with Crippen LogP contribution in [0.15, 0.2) is 40.8 Å². The molecule has 0 unspecified atom stereocenters. The van der Waals surface area contributed by atoms with Crippen molar-refractivity contribution in [3.8, 4) is 5.75 Å². The zero-order valence-electron chi connectivity index (χ0n) is 15.1. The first-order chi connectivity index (χ1) is 12.6. The molecule has 26 heavy (non-hydrogen) atoms. The zero-order valence-corrected chi connectivity index (χ0v) is 15.8. The summed E-state index contributed by atoms with van der Waals surface area (Å²) in [7, 11) is 0. The van der Waals surface area contributed by atoms with Crippen LogP contribution in [-0.2, 0) is 11.3 Å². The zero-order chi connectivity index (χ0) is 18.4. The average Bonchev–Trinajstić information content (AvgIpc) is 3.26. The Kier molecular flexibility index (Phi) is 6.97. The van der Waals surface area contributed by atoms with E-state index in [-0.39, 0.29) is 12.7 Å². The Morgan fingerprint density at radius 3 is 2.73 bits per heavy atom. The minimum Gasteiger partial charge on any atom is -0.491 e. The first kappa shape index (κ1) is 19.2. The van der Waals surface area contributed by atoms with Crippen LogP contribution in [0.5, 0.6) is 5.75 Å². The first-order valence-electron chi connectivity index (χ1n) is 9.04. The summed E-state index contributed by atoms with van der Waals surface area (Å²) in [6.07, 6.45) is 1.77. The highest BCUT2D eigenvalue weighted by atomic mass is 35.5. The summed E-state index contributed by atoms with van der Waals surface area (Å²) in [5.41, 5.74) is 0. The lowest BCUT2D eigenvalue weighted by Crippen LogP contribution is -2.39. The molecule has 1 fully saturated rings. The molecule has 0 bridgehead atoms. The van der Waals surface area contributed by atoms with E-state index in [0.717, 1.165) is 37.5 Å². The van der Waals surface area contributed by atoms with E-state index in [1.165, 1.54) is 0 Å². The smallest absolute Gasteiger partial charge is 0.119 e. The van der Waals surface area contributed by atoms with Gasteiger partial charge in [0.05, 0.1) is 12.6 Å². The summed E-state index contributed by atoms with van der Waals surface area (Å²) in [6.45, 7) is 4.89. The highest BCUT2D eigenvalue weighted by Crippen LogP contribution is 2.18. The second-order valence-electron chi connectivity index (χ2n) is 6.76. The minimum absolute atomic E-state index is 0.218. The van der Waals surface area contributed by atoms with Crippen LogP contribution in [0.1, 0.15) is 24.4 Å². The Hall–Kier alpha value is -1.53. The fourth-order valence-electron chi connectivity index (χ4n) is 3.14. The van der Waals surface area contributed by atoms with Crippen LogP contribution >= 0.6 is 11.6 Å². The third-order valence-electron chi connectivity index (χ3n) is 4.39. The molecule has 3 rings (SSSR count). The molecular formula is C20H26ClNO4. The number of aliphatic hydroxyl groups is 1. The predicted molar refractivity (Wildman–Crippen MR) is 101 cm³/mol. The monoisotopic (exact) mass is 379 g/mol. The van der Waals surface area contributed by atoms with Crippen LogP contribution in [0, 0.1) is 6.92 Å². The van der Waals surface area contributed by atoms with E-state index < -0.39 is 6.10 Å². The lowest BCUT2D eigenvalue weighted by Gasteiger charge is -2.26. The van der Waals surface area contributed by atoms with E-state index in [1.807, 2.05) is 19.1 Å². The topological polar surface area (TPSA) is 55.1 Å². The number of rotatable bonds is 9. The second kappa shape index (κ2) is 9.42. The normalized spacial score (nSPS) is 18.4. The summed E-state index contributed by atoms with van der Waals surface area (Å²) in [4.78, 5) is 2.17. The number of hydrogen-bond acceptors (Lipinski definition) is 5. The van der Waals surface area contributed by atoms with Gasteiger partial charge in [0.2, 0.25) is 0 Å². The van der Waals surface area contributed by atoms with E-state index in [4.69, 9.17) is 25.5 Å². The van der Waals surface area contributed by atoms with Crippen molar-refractivity contribution in [2.45, 2.75) is 38.5 Å². The van der Waals surface area contributed by atoms with Crippen molar-refractivity contribution in [3.63, 3.8) is 0 Å². The molecule has 1 aromatic heterocycles. The molecule has 0 aliphatic carbocycles. The number of hydrogen-bond donors (Lipinski definition) is 1. The van der Waals surface area contributed by atoms with Gasteiger partial charge in [-0.05, 0) is 56.2 Å². The molecule has 2 aromatic rings. The molecular weight excluding hydrogens is 354 g/mol. The van der Waals surface area contributed by atoms with Gasteiger partial charge in [-0.2, -0.15) is 0 Å². The molecule has 0 amide bonds. The van der Waals surface area contributed by atoms with Gasteiger partial charge in [0.15, 0.2) is 0 Å². The van der Waals surface area contributed by atoms with E-state index in [1.54, 1.807) is 24.3 Å². The number of furan rings is 1. The van der Waals surface area contributed by atoms with Gasteiger partial charge in [-0.15, -0.1) is 0 Å². The van der Waals surface area contributed by atoms with Crippen molar-refractivity contribution in [2.75, 3.05) is 26.3 Å². The molecule has 2 atom stereocenters. The van der Waals surface area contributed by atoms with E-state index >= 15 is 0 Å². The molecule has 0 radical (unpaired) electrons. The number of ether oxygens (including phenoxy) is 2. The Morgan fingerprint density at radius 1 is 1.27 bits per heavy atom. The lowest BCUT2D eigenvalue weighted by molar-refractivity contribution is 0.0290. The number of halogens is 1. The quantitative estimate of drug-likeness (QED) is 0.720. The third kappa shape index (κ3) is 6.02. The SMILES string of the molecule is Cc1ccc(CN(C[C@H](O)COc2ccc(Cl)cc2)C[C@@H]2CCCO2)o1. The van der Waals surface area contributed by atoms with Gasteiger partial charge in [-0.3, -0.25) is 4.90 Å². The third-order valence-corrected chi connectivity index (χ3v) is 4.64. The summed E-state index contributed by atoms with van der Waals surface area (Å²) in [5, 5.41) is 11.1. The van der Waals surface area contributed by atoms with Crippen molar-refractivity contribution >= 4 is 11.6 Å². The number of nitrogens with zero attached hydrogens (tertiary/aromatic N) is 1. The molecule has 1 aliphatic heterocycles. The standard InChI is InChI=1S/C20H26ClNO4/c1-15-4-7-20(26-15)13-22(12-19-3-2-10-24-19)11-17(23)14-25-18-8-5-16(21)6-9-18/h4-9,17,19,23H,2-3,10-14H2,1H3/t17-,19-/m0/s1. The van der Waals surface area contributed by atoms with Crippen LogP contribution in [0.3, 0.4) is 0 Å². The fraction of sp³-hybridized carbons (Fsp3) is 0.500. The van der Waals surface area contributed by atoms with Crippen LogP contribution < -0.4 is 4.74 Å². The molecule has 1 saturated heterocycles. The molecule has 0 saturated carbocycles. The van der Waals surface area contributed by atoms with Crippen molar-refractivity contribution in [2.24, 2.45) is 0 Å². The Bertz CT molecular complexity index is 667. The first-order valence-corrected chi connectivity index (χ1v) is 9.42. The highest BCUT2D eigenvalue weighted by molar-refractivity contribution is 6.30. The maximum absolute atomic E-state index is 10.4. The van der Waals surface area contributed by atoms with E-state index in [0.29, 0.717) is 23.9 Å². The summed E-state index contributed by atoms with van der Waals surface area (Å²) in [6, 6.07) is 11.1. The summed E-state index contributed by atoms with van der Waals surface area (Å²) in [5.74, 6) is 2.48. The Balaban J connectivity index is 1.53. The summed E-state index contributed by atoms with van der Waals surface area (Å²) >= 11 is 5.87. The summed E-state index contributed by atoms with van der Waals surface area (Å²) < 4.78 is 17.1. The number of aryl methyl sites for hydroxylation is 1. The van der Waals surface area contributed by atoms with Gasteiger partial charge >= 0.3 is 0 Å². The molecule has 142 valence electrons. The molecule has 1 aromatic carbocycles. The molecule has 5 nitrogen and oxygen atoms in total. The fourth-order valence-corrected chi connectivity index (χ4v) is 3.27. The number of aliphatic hydroxyl groups excluding tert-OH is 1. The van der Waals surface area contributed by atoms with Crippen molar-refractivity contribution < 1.29 is 19.0 Å². The second-order valence-corrected chi connectivity index (χ2v) is 7.20. The minimum atomic E-state index is -0.608. The predicted octanol–water partition coefficient (Wildman–Crippen LogP) is 3.66. The van der Waals surface area contributed by atoms with Crippen LogP contribution in [0.2, 0.25) is 5.02 Å². The molecule has 1 aliphatic rings. The van der Waals surface area contributed by atoms with Gasteiger partial charge < -0.3 is 19.0 Å². The molecule has 1 N–H and O–H groups in total. The molecule has 2 heterocycles. The largest absolute Gasteiger partial charge is 0.491 e. The van der Waals surface area contributed by atoms with Gasteiger partial charge in [-0.1, -0.05) is 11.6 Å². The van der Waals surface area contributed by atoms with E-state index in [2.05, 4.69) is 4.90 Å². The van der Waals surface area contributed by atoms with Crippen LogP contribution in [0.4, 0.5) is 0 Å². The highest BCUT2D eigenvalue weighted by Gasteiger charge is 2.22. The molecule has 0 spiro atoms. The van der Waals surface area contributed by atoms with Gasteiger partial charge in [-0.25, -0.2) is 0 Å². The molecule has 6 heteroatoms. The lowest BCUT2D eigenvalue weighted by atomic mass is 10.2. The van der Waals surface area contributed by atoms with Gasteiger partial charge in [0, 0.05) is 24.7 Å². The number of benzene rings is 1. The van der Waals surface area contributed by atoms with Crippen molar-refractivity contribution in [3.05, 3.63) is 52.9 Å².